The highest BCUT2D eigenvalue weighted by Crippen LogP contribution is 2.05. The molecular weight excluding hydrogens is 264 g/mol. The molecule has 4 nitrogen and oxygen atoms in total. The third-order valence-electron chi connectivity index (χ3n) is 1.96. The lowest BCUT2D eigenvalue weighted by molar-refractivity contribution is -0.114. The van der Waals surface area contributed by atoms with E-state index in [1.54, 1.807) is 12.2 Å². The van der Waals surface area contributed by atoms with E-state index in [1.807, 2.05) is 36.4 Å². The van der Waals surface area contributed by atoms with Crippen LogP contribution in [0.3, 0.4) is 0 Å². The maximum Gasteiger partial charge on any atom is 0.244 e. The Balaban J connectivity index is 0. The van der Waals surface area contributed by atoms with Gasteiger partial charge in [0.05, 0.1) is 0 Å². The molecule has 0 heterocycles. The minimum absolute atomic E-state index is 0.0463. The van der Waals surface area contributed by atoms with Crippen LogP contribution in [0.25, 0.3) is 0 Å². The molecule has 21 heavy (non-hydrogen) atoms. The monoisotopic (exact) mass is 286 g/mol. The second-order valence-electron chi connectivity index (χ2n) is 3.74. The first kappa shape index (κ1) is 20.4. The van der Waals surface area contributed by atoms with E-state index in [9.17, 15) is 9.59 Å². The zero-order valence-electron chi connectivity index (χ0n) is 12.1. The Morgan fingerprint density at radius 1 is 0.762 bits per heavy atom. The summed E-state index contributed by atoms with van der Waals surface area (Å²) in [6.45, 7) is 13.4. The summed E-state index contributed by atoms with van der Waals surface area (Å²) < 4.78 is 0. The molecule has 112 valence electrons. The highest BCUT2D eigenvalue weighted by atomic mass is 16.1. The topological polar surface area (TPSA) is 86.2 Å². The molecule has 4 N–H and O–H groups in total. The zero-order chi connectivity index (χ0) is 16.7. The minimum Gasteiger partial charge on any atom is -0.366 e. The van der Waals surface area contributed by atoms with Crippen LogP contribution in [-0.4, -0.2) is 11.8 Å². The van der Waals surface area contributed by atoms with Crippen molar-refractivity contribution in [3.05, 3.63) is 86.0 Å². The summed E-state index contributed by atoms with van der Waals surface area (Å²) in [5.41, 5.74) is 9.97. The molecule has 1 aromatic carbocycles. The summed E-state index contributed by atoms with van der Waals surface area (Å²) in [5.74, 6) is -1.29. The highest BCUT2D eigenvalue weighted by molar-refractivity contribution is 5.97. The first-order valence-electron chi connectivity index (χ1n) is 6.05. The molecule has 1 aromatic rings. The smallest absolute Gasteiger partial charge is 0.244 e. The Bertz CT molecular complexity index is 434. The zero-order valence-corrected chi connectivity index (χ0v) is 12.1. The summed E-state index contributed by atoms with van der Waals surface area (Å²) in [6, 6.07) is 12.0. The summed E-state index contributed by atoms with van der Waals surface area (Å²) in [4.78, 5) is 20.8. The molecule has 4 heteroatoms. The van der Waals surface area contributed by atoms with Gasteiger partial charge in [0.15, 0.2) is 0 Å². The van der Waals surface area contributed by atoms with E-state index >= 15 is 0 Å². The van der Waals surface area contributed by atoms with Gasteiger partial charge in [0.25, 0.3) is 0 Å². The molecular formula is C17H22N2O2. The van der Waals surface area contributed by atoms with Gasteiger partial charge in [0.1, 0.15) is 0 Å². The number of primary amides is 2. The maximum absolute atomic E-state index is 10.4. The largest absolute Gasteiger partial charge is 0.366 e. The summed E-state index contributed by atoms with van der Waals surface area (Å²) in [6.07, 6.45) is 3.32. The van der Waals surface area contributed by atoms with Gasteiger partial charge in [0.2, 0.25) is 11.8 Å². The Labute approximate surface area is 126 Å². The number of allylic oxidation sites excluding steroid dienone is 2. The van der Waals surface area contributed by atoms with Crippen molar-refractivity contribution in [2.75, 3.05) is 0 Å². The van der Waals surface area contributed by atoms with Gasteiger partial charge in [-0.2, -0.15) is 0 Å². The standard InChI is InChI=1S/C7H10N2O2.C6H6.C4H6/c1-4(6(8)10)3-5(2)7(9)11;1-2-4-6-5-3-1;1-3-4-2/h1-3H2,(H2,8,10)(H2,9,11);1-6H;3-4H,1-2H2. The van der Waals surface area contributed by atoms with Crippen molar-refractivity contribution in [1.29, 1.82) is 0 Å². The quantitative estimate of drug-likeness (QED) is 0.643. The van der Waals surface area contributed by atoms with Crippen LogP contribution in [0.4, 0.5) is 0 Å². The fourth-order valence-corrected chi connectivity index (χ4v) is 0.817. The Hall–Kier alpha value is -2.88. The van der Waals surface area contributed by atoms with E-state index in [0.29, 0.717) is 0 Å². The molecule has 0 aliphatic rings. The molecule has 2 amide bonds. The maximum atomic E-state index is 10.4. The fourth-order valence-electron chi connectivity index (χ4n) is 0.817. The summed E-state index contributed by atoms with van der Waals surface area (Å²) >= 11 is 0. The van der Waals surface area contributed by atoms with Crippen molar-refractivity contribution in [3.8, 4) is 0 Å². The van der Waals surface area contributed by atoms with Crippen LogP contribution in [0.15, 0.2) is 86.0 Å². The highest BCUT2D eigenvalue weighted by Gasteiger charge is 2.07. The second kappa shape index (κ2) is 13.5. The first-order valence-corrected chi connectivity index (χ1v) is 6.05. The summed E-state index contributed by atoms with van der Waals surface area (Å²) in [5, 5.41) is 0. The average Bonchev–Trinajstić information content (AvgIpc) is 2.49. The normalized spacial score (nSPS) is 7.81. The van der Waals surface area contributed by atoms with Crippen LogP contribution in [-0.2, 0) is 9.59 Å². The number of amides is 2. The predicted octanol–water partition coefficient (Wildman–Crippen LogP) is 2.50. The van der Waals surface area contributed by atoms with Gasteiger partial charge < -0.3 is 11.5 Å². The van der Waals surface area contributed by atoms with Crippen molar-refractivity contribution in [3.63, 3.8) is 0 Å². The summed E-state index contributed by atoms with van der Waals surface area (Å²) in [7, 11) is 0. The number of carbonyl (C=O) groups excluding carboxylic acids is 2. The molecule has 0 fully saturated rings. The van der Waals surface area contributed by atoms with Crippen LogP contribution in [0.2, 0.25) is 0 Å². The van der Waals surface area contributed by atoms with Crippen molar-refractivity contribution in [2.45, 2.75) is 6.42 Å². The number of rotatable bonds is 5. The van der Waals surface area contributed by atoms with Crippen LogP contribution in [0, 0.1) is 0 Å². The second-order valence-corrected chi connectivity index (χ2v) is 3.74. The molecule has 0 spiro atoms. The van der Waals surface area contributed by atoms with Crippen molar-refractivity contribution in [2.24, 2.45) is 11.5 Å². The minimum atomic E-state index is -0.646. The van der Waals surface area contributed by atoms with Crippen LogP contribution in [0.5, 0.6) is 0 Å². The predicted molar refractivity (Wildman–Crippen MR) is 88.1 cm³/mol. The van der Waals surface area contributed by atoms with Gasteiger partial charge in [-0.1, -0.05) is 74.9 Å². The average molecular weight is 286 g/mol. The molecule has 0 bridgehead atoms. The van der Waals surface area contributed by atoms with Gasteiger partial charge in [-0.25, -0.2) is 0 Å². The van der Waals surface area contributed by atoms with Crippen molar-refractivity contribution < 1.29 is 9.59 Å². The lowest BCUT2D eigenvalue weighted by atomic mass is 10.1. The van der Waals surface area contributed by atoms with E-state index in [4.69, 9.17) is 11.5 Å². The van der Waals surface area contributed by atoms with E-state index in [0.717, 1.165) is 0 Å². The molecule has 0 aliphatic carbocycles. The Morgan fingerprint density at radius 3 is 1.14 bits per heavy atom. The fraction of sp³-hybridized carbons (Fsp3) is 0.0588. The lowest BCUT2D eigenvalue weighted by Crippen LogP contribution is -2.18. The van der Waals surface area contributed by atoms with Crippen LogP contribution in [0.1, 0.15) is 6.42 Å². The Morgan fingerprint density at radius 2 is 1.00 bits per heavy atom. The molecule has 0 radical (unpaired) electrons. The SMILES string of the molecule is C=C(CC(=C)C(N)=O)C(N)=O.C=CC=C.c1ccccc1. The lowest BCUT2D eigenvalue weighted by Gasteiger charge is -1.99. The van der Waals surface area contributed by atoms with Gasteiger partial charge >= 0.3 is 0 Å². The van der Waals surface area contributed by atoms with E-state index < -0.39 is 11.8 Å². The third kappa shape index (κ3) is 15.1. The first-order chi connectivity index (χ1) is 9.86. The van der Waals surface area contributed by atoms with Crippen molar-refractivity contribution in [1.82, 2.24) is 0 Å². The number of benzene rings is 1. The van der Waals surface area contributed by atoms with Crippen LogP contribution >= 0.6 is 0 Å². The molecule has 0 aliphatic heterocycles. The number of hydrogen-bond acceptors (Lipinski definition) is 2. The molecule has 0 unspecified atom stereocenters. The molecule has 0 saturated carbocycles. The van der Waals surface area contributed by atoms with Crippen LogP contribution < -0.4 is 11.5 Å². The van der Waals surface area contributed by atoms with Gasteiger partial charge in [0, 0.05) is 17.6 Å². The van der Waals surface area contributed by atoms with Gasteiger partial charge in [-0.3, -0.25) is 9.59 Å². The molecule has 0 aromatic heterocycles. The third-order valence-corrected chi connectivity index (χ3v) is 1.96. The van der Waals surface area contributed by atoms with E-state index in [2.05, 4.69) is 26.3 Å². The number of nitrogens with two attached hydrogens (primary N) is 2. The number of hydrogen-bond donors (Lipinski definition) is 2. The van der Waals surface area contributed by atoms with Crippen molar-refractivity contribution >= 4 is 11.8 Å². The van der Waals surface area contributed by atoms with E-state index in [1.165, 1.54) is 0 Å². The van der Waals surface area contributed by atoms with Gasteiger partial charge in [-0.05, 0) is 0 Å². The van der Waals surface area contributed by atoms with E-state index in [-0.39, 0.29) is 17.6 Å². The molecule has 1 rings (SSSR count). The molecule has 0 saturated heterocycles. The van der Waals surface area contributed by atoms with Gasteiger partial charge in [-0.15, -0.1) is 0 Å². The number of carbonyl (C=O) groups is 2. The molecule has 0 atom stereocenters. The Kier molecular flexibility index (Phi) is 13.2.